The van der Waals surface area contributed by atoms with Crippen LogP contribution < -0.4 is 5.32 Å². The molecule has 2 aromatic heterocycles. The number of aromatic nitrogens is 3. The highest BCUT2D eigenvalue weighted by molar-refractivity contribution is 5.38. The summed E-state index contributed by atoms with van der Waals surface area (Å²) in [5, 5.41) is 7.92. The molecule has 0 unspecified atom stereocenters. The summed E-state index contributed by atoms with van der Waals surface area (Å²) in [5.41, 5.74) is 2.08. The predicted molar refractivity (Wildman–Crippen MR) is 70.7 cm³/mol. The van der Waals surface area contributed by atoms with Crippen molar-refractivity contribution >= 4 is 5.65 Å². The fourth-order valence-electron chi connectivity index (χ4n) is 2.38. The van der Waals surface area contributed by atoms with Crippen molar-refractivity contribution in [1.29, 1.82) is 0 Å². The lowest BCUT2D eigenvalue weighted by atomic mass is 10.3. The van der Waals surface area contributed by atoms with Crippen LogP contribution in [0.15, 0.2) is 18.2 Å². The van der Waals surface area contributed by atoms with Gasteiger partial charge in [-0.1, -0.05) is 6.07 Å². The van der Waals surface area contributed by atoms with E-state index in [1.807, 2.05) is 16.6 Å². The molecule has 5 nitrogen and oxygen atoms in total. The van der Waals surface area contributed by atoms with E-state index in [1.54, 1.807) is 0 Å². The maximum atomic E-state index is 4.57. The van der Waals surface area contributed by atoms with E-state index in [-0.39, 0.29) is 0 Å². The second-order valence-electron chi connectivity index (χ2n) is 4.81. The molecule has 0 aromatic carbocycles. The molecular weight excluding hydrogens is 226 g/mol. The van der Waals surface area contributed by atoms with Gasteiger partial charge in [-0.15, -0.1) is 0 Å². The Morgan fingerprint density at radius 3 is 2.89 bits per heavy atom. The Morgan fingerprint density at radius 1 is 1.28 bits per heavy atom. The molecule has 5 heteroatoms. The van der Waals surface area contributed by atoms with E-state index in [1.165, 1.54) is 0 Å². The summed E-state index contributed by atoms with van der Waals surface area (Å²) in [6.07, 6.45) is 0.932. The smallest absolute Gasteiger partial charge is 0.155 e. The van der Waals surface area contributed by atoms with Crippen molar-refractivity contribution in [2.75, 3.05) is 32.7 Å². The van der Waals surface area contributed by atoms with Crippen molar-refractivity contribution in [2.45, 2.75) is 13.3 Å². The minimum atomic E-state index is 0.932. The van der Waals surface area contributed by atoms with Gasteiger partial charge in [0.05, 0.1) is 0 Å². The summed E-state index contributed by atoms with van der Waals surface area (Å²) in [6, 6.07) is 6.09. The molecular formula is C13H19N5. The fraction of sp³-hybridized carbons (Fsp3) is 0.538. The molecule has 0 spiro atoms. The molecule has 0 atom stereocenters. The van der Waals surface area contributed by atoms with Crippen LogP contribution in [0.5, 0.6) is 0 Å². The molecule has 0 bridgehead atoms. The molecule has 0 saturated carbocycles. The van der Waals surface area contributed by atoms with Crippen LogP contribution in [0.4, 0.5) is 0 Å². The number of fused-ring (bicyclic) bond motifs is 1. The van der Waals surface area contributed by atoms with Crippen molar-refractivity contribution in [3.8, 4) is 0 Å². The highest BCUT2D eigenvalue weighted by atomic mass is 15.3. The van der Waals surface area contributed by atoms with Crippen LogP contribution in [0.1, 0.15) is 11.5 Å². The van der Waals surface area contributed by atoms with Gasteiger partial charge in [-0.05, 0) is 19.1 Å². The summed E-state index contributed by atoms with van der Waals surface area (Å²) in [6.45, 7) is 7.56. The van der Waals surface area contributed by atoms with Gasteiger partial charge in [-0.2, -0.15) is 5.10 Å². The molecule has 1 fully saturated rings. The van der Waals surface area contributed by atoms with Crippen molar-refractivity contribution in [3.63, 3.8) is 0 Å². The van der Waals surface area contributed by atoms with Gasteiger partial charge in [0.15, 0.2) is 11.5 Å². The maximum Gasteiger partial charge on any atom is 0.155 e. The Morgan fingerprint density at radius 2 is 2.11 bits per heavy atom. The van der Waals surface area contributed by atoms with Gasteiger partial charge in [-0.25, -0.2) is 9.50 Å². The zero-order chi connectivity index (χ0) is 12.4. The van der Waals surface area contributed by atoms with Crippen molar-refractivity contribution in [3.05, 3.63) is 29.7 Å². The molecule has 0 aliphatic carbocycles. The molecule has 1 saturated heterocycles. The average Bonchev–Trinajstić information content (AvgIpc) is 2.82. The Bertz CT molecular complexity index is 527. The fourth-order valence-corrected chi connectivity index (χ4v) is 2.38. The number of nitrogens with one attached hydrogen (secondary N) is 1. The molecule has 0 radical (unpaired) electrons. The third-order valence-corrected chi connectivity index (χ3v) is 3.45. The summed E-state index contributed by atoms with van der Waals surface area (Å²) >= 11 is 0. The summed E-state index contributed by atoms with van der Waals surface area (Å²) in [7, 11) is 0. The van der Waals surface area contributed by atoms with E-state index in [0.29, 0.717) is 0 Å². The Labute approximate surface area is 107 Å². The first-order chi connectivity index (χ1) is 8.83. The molecule has 1 aliphatic heterocycles. The van der Waals surface area contributed by atoms with Crippen LogP contribution in [0.25, 0.3) is 5.65 Å². The van der Waals surface area contributed by atoms with Gasteiger partial charge < -0.3 is 10.2 Å². The second kappa shape index (κ2) is 5.04. The summed E-state index contributed by atoms with van der Waals surface area (Å²) in [5.74, 6) is 0.947. The monoisotopic (exact) mass is 245 g/mol. The lowest BCUT2D eigenvalue weighted by Gasteiger charge is -2.26. The largest absolute Gasteiger partial charge is 0.314 e. The number of aryl methyl sites for hydroxylation is 1. The van der Waals surface area contributed by atoms with E-state index in [0.717, 1.165) is 56.3 Å². The zero-order valence-electron chi connectivity index (χ0n) is 10.8. The van der Waals surface area contributed by atoms with Crippen LogP contribution in [0.3, 0.4) is 0 Å². The lowest BCUT2D eigenvalue weighted by molar-refractivity contribution is 0.242. The van der Waals surface area contributed by atoms with Gasteiger partial charge in [0.2, 0.25) is 0 Å². The van der Waals surface area contributed by atoms with Crippen LogP contribution >= 0.6 is 0 Å². The molecule has 2 aromatic rings. The molecule has 1 N–H and O–H groups in total. The minimum Gasteiger partial charge on any atom is -0.314 e. The topological polar surface area (TPSA) is 45.5 Å². The van der Waals surface area contributed by atoms with Crippen molar-refractivity contribution < 1.29 is 0 Å². The first-order valence-electron chi connectivity index (χ1n) is 6.57. The second-order valence-corrected chi connectivity index (χ2v) is 4.81. The molecule has 1 aliphatic rings. The van der Waals surface area contributed by atoms with Crippen LogP contribution in [-0.2, 0) is 6.42 Å². The molecule has 3 rings (SSSR count). The predicted octanol–water partition coefficient (Wildman–Crippen LogP) is 0.485. The quantitative estimate of drug-likeness (QED) is 0.854. The number of nitrogens with zero attached hydrogens (tertiary/aromatic N) is 4. The lowest BCUT2D eigenvalue weighted by Crippen LogP contribution is -2.44. The Balaban J connectivity index is 1.69. The van der Waals surface area contributed by atoms with Gasteiger partial charge >= 0.3 is 0 Å². The van der Waals surface area contributed by atoms with E-state index in [9.17, 15) is 0 Å². The number of pyridine rings is 1. The van der Waals surface area contributed by atoms with Gasteiger partial charge in [0, 0.05) is 44.8 Å². The van der Waals surface area contributed by atoms with E-state index < -0.39 is 0 Å². The van der Waals surface area contributed by atoms with Crippen molar-refractivity contribution in [1.82, 2.24) is 24.8 Å². The van der Waals surface area contributed by atoms with E-state index in [2.05, 4.69) is 33.3 Å². The number of hydrogen-bond acceptors (Lipinski definition) is 4. The number of rotatable bonds is 3. The third kappa shape index (κ3) is 2.37. The van der Waals surface area contributed by atoms with E-state index >= 15 is 0 Å². The summed E-state index contributed by atoms with van der Waals surface area (Å²) in [4.78, 5) is 7.03. The molecule has 0 amide bonds. The highest BCUT2D eigenvalue weighted by Gasteiger charge is 2.11. The standard InChI is InChI=1S/C13H19N5/c1-11-3-2-4-13-15-12(16-18(11)13)5-8-17-9-6-14-7-10-17/h2-4,14H,5-10H2,1H3. The minimum absolute atomic E-state index is 0.932. The van der Waals surface area contributed by atoms with Crippen LogP contribution in [0.2, 0.25) is 0 Å². The number of hydrogen-bond donors (Lipinski definition) is 1. The van der Waals surface area contributed by atoms with Gasteiger partial charge in [-0.3, -0.25) is 0 Å². The van der Waals surface area contributed by atoms with Gasteiger partial charge in [0.1, 0.15) is 0 Å². The third-order valence-electron chi connectivity index (χ3n) is 3.45. The normalized spacial score (nSPS) is 17.4. The molecule has 18 heavy (non-hydrogen) atoms. The SMILES string of the molecule is Cc1cccc2nc(CCN3CCNCC3)nn12. The highest BCUT2D eigenvalue weighted by Crippen LogP contribution is 2.06. The Kier molecular flexibility index (Phi) is 3.25. The first kappa shape index (κ1) is 11.6. The first-order valence-corrected chi connectivity index (χ1v) is 6.57. The zero-order valence-corrected chi connectivity index (χ0v) is 10.8. The van der Waals surface area contributed by atoms with Gasteiger partial charge in [0.25, 0.3) is 0 Å². The molecule has 3 heterocycles. The van der Waals surface area contributed by atoms with Crippen LogP contribution in [0, 0.1) is 6.92 Å². The van der Waals surface area contributed by atoms with E-state index in [4.69, 9.17) is 0 Å². The van der Waals surface area contributed by atoms with Crippen molar-refractivity contribution in [2.24, 2.45) is 0 Å². The molecule has 96 valence electrons. The number of piperazine rings is 1. The average molecular weight is 245 g/mol. The summed E-state index contributed by atoms with van der Waals surface area (Å²) < 4.78 is 1.92. The maximum absolute atomic E-state index is 4.57. The Hall–Kier alpha value is -1.46. The van der Waals surface area contributed by atoms with Crippen LogP contribution in [-0.4, -0.2) is 52.2 Å².